The molecule has 0 radical (unpaired) electrons. The number of likely N-dealkylation sites (tertiary alicyclic amines) is 1. The summed E-state index contributed by atoms with van der Waals surface area (Å²) in [6.07, 6.45) is 6.99. The highest BCUT2D eigenvalue weighted by atomic mass is 16.5. The molecule has 0 atom stereocenters. The van der Waals surface area contributed by atoms with Crippen molar-refractivity contribution >= 4 is 22.5 Å². The maximum absolute atomic E-state index is 12.9. The molecule has 162 valence electrons. The van der Waals surface area contributed by atoms with E-state index < -0.39 is 0 Å². The fraction of sp³-hybridized carbons (Fsp3) is 0.240. The van der Waals surface area contributed by atoms with Crippen molar-refractivity contribution in [1.29, 1.82) is 0 Å². The maximum Gasteiger partial charge on any atom is 0.256 e. The van der Waals surface area contributed by atoms with Crippen LogP contribution in [0.4, 0.5) is 5.82 Å². The number of carbonyl (C=O) groups is 1. The first-order chi connectivity index (χ1) is 15.6. The van der Waals surface area contributed by atoms with Gasteiger partial charge in [0.2, 0.25) is 0 Å². The van der Waals surface area contributed by atoms with Crippen LogP contribution in [0.1, 0.15) is 23.2 Å². The van der Waals surface area contributed by atoms with Gasteiger partial charge in [0.05, 0.1) is 6.20 Å². The average Bonchev–Trinajstić information content (AvgIpc) is 3.35. The molecule has 4 aromatic rings. The number of rotatable bonds is 5. The monoisotopic (exact) mass is 428 g/mol. The number of carbonyl (C=O) groups excluding carboxylic acids is 1. The molecule has 1 saturated heterocycles. The average molecular weight is 428 g/mol. The molecular weight excluding hydrogens is 404 g/mol. The standard InChI is InChI=1S/C25H24N4O3/c1-29-9-7-21(8-10-29)32-22-4-2-3-18(12-22)25(30)28-24-13-20-11-17(23-15-26-16-31-23)5-6-19(20)14-27-24/h2-6,11-16,21H,7-10H2,1H3,(H,27,28,30). The lowest BCUT2D eigenvalue weighted by atomic mass is 10.1. The summed E-state index contributed by atoms with van der Waals surface area (Å²) < 4.78 is 11.5. The van der Waals surface area contributed by atoms with E-state index in [0.717, 1.165) is 48.0 Å². The second kappa shape index (κ2) is 8.80. The number of anilines is 1. The lowest BCUT2D eigenvalue weighted by molar-refractivity contribution is 0.102. The molecule has 0 unspecified atom stereocenters. The number of hydrogen-bond acceptors (Lipinski definition) is 6. The van der Waals surface area contributed by atoms with Crippen molar-refractivity contribution in [2.45, 2.75) is 18.9 Å². The van der Waals surface area contributed by atoms with Crippen molar-refractivity contribution in [2.24, 2.45) is 0 Å². The summed E-state index contributed by atoms with van der Waals surface area (Å²) in [5, 5.41) is 4.81. The molecule has 0 bridgehead atoms. The molecule has 1 N–H and O–H groups in total. The van der Waals surface area contributed by atoms with Crippen molar-refractivity contribution in [3.8, 4) is 17.1 Å². The van der Waals surface area contributed by atoms with Gasteiger partial charge in [0.25, 0.3) is 5.91 Å². The van der Waals surface area contributed by atoms with Gasteiger partial charge in [-0.1, -0.05) is 18.2 Å². The van der Waals surface area contributed by atoms with E-state index >= 15 is 0 Å². The Morgan fingerprint density at radius 3 is 2.78 bits per heavy atom. The number of aromatic nitrogens is 2. The predicted molar refractivity (Wildman–Crippen MR) is 123 cm³/mol. The van der Waals surface area contributed by atoms with E-state index in [2.05, 4.69) is 27.2 Å². The number of piperidine rings is 1. The highest BCUT2D eigenvalue weighted by molar-refractivity contribution is 6.04. The molecule has 0 saturated carbocycles. The van der Waals surface area contributed by atoms with Crippen LogP contribution in [0.5, 0.6) is 5.75 Å². The van der Waals surface area contributed by atoms with Crippen LogP contribution in [-0.4, -0.2) is 47.0 Å². The fourth-order valence-electron chi connectivity index (χ4n) is 3.92. The molecule has 0 aliphatic carbocycles. The van der Waals surface area contributed by atoms with Gasteiger partial charge in [0.15, 0.2) is 12.2 Å². The summed E-state index contributed by atoms with van der Waals surface area (Å²) in [6, 6.07) is 15.1. The molecule has 0 spiro atoms. The first-order valence-corrected chi connectivity index (χ1v) is 10.7. The van der Waals surface area contributed by atoms with Crippen LogP contribution in [0, 0.1) is 0 Å². The zero-order valence-electron chi connectivity index (χ0n) is 17.8. The molecule has 5 rings (SSSR count). The van der Waals surface area contributed by atoms with Gasteiger partial charge in [0.1, 0.15) is 17.7 Å². The molecule has 1 amide bonds. The van der Waals surface area contributed by atoms with E-state index in [1.807, 2.05) is 36.4 Å². The number of oxazole rings is 1. The van der Waals surface area contributed by atoms with Crippen LogP contribution in [0.25, 0.3) is 22.1 Å². The lowest BCUT2D eigenvalue weighted by Crippen LogP contribution is -2.35. The molecular formula is C25H24N4O3. The molecule has 2 aromatic heterocycles. The zero-order valence-corrected chi connectivity index (χ0v) is 17.8. The minimum Gasteiger partial charge on any atom is -0.490 e. The summed E-state index contributed by atoms with van der Waals surface area (Å²) >= 11 is 0. The van der Waals surface area contributed by atoms with E-state index in [9.17, 15) is 4.79 Å². The van der Waals surface area contributed by atoms with E-state index in [0.29, 0.717) is 17.1 Å². The summed E-state index contributed by atoms with van der Waals surface area (Å²) in [4.78, 5) is 23.5. The highest BCUT2D eigenvalue weighted by Gasteiger charge is 2.18. The minimum atomic E-state index is -0.225. The normalized spacial score (nSPS) is 15.0. The maximum atomic E-state index is 12.9. The Balaban J connectivity index is 1.31. The molecule has 7 heteroatoms. The van der Waals surface area contributed by atoms with Crippen molar-refractivity contribution in [1.82, 2.24) is 14.9 Å². The van der Waals surface area contributed by atoms with E-state index in [4.69, 9.17) is 9.15 Å². The van der Waals surface area contributed by atoms with E-state index in [1.165, 1.54) is 6.39 Å². The summed E-state index contributed by atoms with van der Waals surface area (Å²) in [6.45, 7) is 2.05. The summed E-state index contributed by atoms with van der Waals surface area (Å²) in [5.41, 5.74) is 1.45. The third-order valence-corrected chi connectivity index (χ3v) is 5.74. The van der Waals surface area contributed by atoms with Crippen LogP contribution in [0.3, 0.4) is 0 Å². The van der Waals surface area contributed by atoms with Crippen molar-refractivity contribution in [2.75, 3.05) is 25.5 Å². The Morgan fingerprint density at radius 2 is 1.97 bits per heavy atom. The molecule has 7 nitrogen and oxygen atoms in total. The second-order valence-electron chi connectivity index (χ2n) is 8.10. The van der Waals surface area contributed by atoms with Gasteiger partial charge in [-0.2, -0.15) is 0 Å². The molecule has 1 aliphatic rings. The Kier molecular flexibility index (Phi) is 5.56. The Bertz CT molecular complexity index is 1230. The number of pyridine rings is 1. The minimum absolute atomic E-state index is 0.185. The number of nitrogens with one attached hydrogen (secondary N) is 1. The first kappa shape index (κ1) is 20.2. The van der Waals surface area contributed by atoms with Crippen molar-refractivity contribution in [3.05, 3.63) is 72.9 Å². The SMILES string of the molecule is CN1CCC(Oc2cccc(C(=O)Nc3cc4cc(-c5cnco5)ccc4cn3)c2)CC1. The van der Waals surface area contributed by atoms with Gasteiger partial charge in [0, 0.05) is 35.8 Å². The topological polar surface area (TPSA) is 80.5 Å². The number of fused-ring (bicyclic) bond motifs is 1. The first-order valence-electron chi connectivity index (χ1n) is 10.7. The van der Waals surface area contributed by atoms with Crippen LogP contribution < -0.4 is 10.1 Å². The van der Waals surface area contributed by atoms with Gasteiger partial charge in [-0.05, 0) is 55.6 Å². The van der Waals surface area contributed by atoms with Gasteiger partial charge >= 0.3 is 0 Å². The largest absolute Gasteiger partial charge is 0.490 e. The number of hydrogen-bond donors (Lipinski definition) is 1. The number of ether oxygens (including phenoxy) is 1. The quantitative estimate of drug-likeness (QED) is 0.500. The van der Waals surface area contributed by atoms with Crippen molar-refractivity contribution < 1.29 is 13.9 Å². The Hall–Kier alpha value is -3.71. The number of amides is 1. The zero-order chi connectivity index (χ0) is 21.9. The summed E-state index contributed by atoms with van der Waals surface area (Å²) in [7, 11) is 2.12. The fourth-order valence-corrected chi connectivity index (χ4v) is 3.92. The van der Waals surface area contributed by atoms with Gasteiger partial charge in [-0.15, -0.1) is 0 Å². The van der Waals surface area contributed by atoms with E-state index in [-0.39, 0.29) is 12.0 Å². The molecule has 2 aromatic carbocycles. The lowest BCUT2D eigenvalue weighted by Gasteiger charge is -2.29. The van der Waals surface area contributed by atoms with Gasteiger partial charge < -0.3 is 19.4 Å². The van der Waals surface area contributed by atoms with Crippen LogP contribution >= 0.6 is 0 Å². The third kappa shape index (κ3) is 4.48. The van der Waals surface area contributed by atoms with Crippen LogP contribution in [0.15, 0.2) is 71.7 Å². The smallest absolute Gasteiger partial charge is 0.256 e. The number of benzene rings is 2. The molecule has 1 fully saturated rings. The molecule has 1 aliphatic heterocycles. The van der Waals surface area contributed by atoms with E-state index in [1.54, 1.807) is 24.5 Å². The van der Waals surface area contributed by atoms with Crippen molar-refractivity contribution in [3.63, 3.8) is 0 Å². The van der Waals surface area contributed by atoms with Gasteiger partial charge in [-0.3, -0.25) is 4.79 Å². The molecule has 32 heavy (non-hydrogen) atoms. The Labute approximate surface area is 186 Å². The van der Waals surface area contributed by atoms with Gasteiger partial charge in [-0.25, -0.2) is 9.97 Å². The third-order valence-electron chi connectivity index (χ3n) is 5.74. The van der Waals surface area contributed by atoms with Crippen LogP contribution in [-0.2, 0) is 0 Å². The predicted octanol–water partition coefficient (Wildman–Crippen LogP) is 4.62. The Morgan fingerprint density at radius 1 is 1.09 bits per heavy atom. The summed E-state index contributed by atoms with van der Waals surface area (Å²) in [5.74, 6) is 1.67. The molecule has 3 heterocycles. The number of nitrogens with zero attached hydrogens (tertiary/aromatic N) is 3. The highest BCUT2D eigenvalue weighted by Crippen LogP contribution is 2.26. The second-order valence-corrected chi connectivity index (χ2v) is 8.10. The van der Waals surface area contributed by atoms with Crippen LogP contribution in [0.2, 0.25) is 0 Å².